The van der Waals surface area contributed by atoms with Gasteiger partial charge in [0.15, 0.2) is 6.79 Å². The molecule has 0 atom stereocenters. The molecule has 0 bridgehead atoms. The van der Waals surface area contributed by atoms with Gasteiger partial charge in [0.1, 0.15) is 11.5 Å². The summed E-state index contributed by atoms with van der Waals surface area (Å²) < 4.78 is 15.6. The van der Waals surface area contributed by atoms with Crippen molar-refractivity contribution in [2.45, 2.75) is 6.61 Å². The van der Waals surface area contributed by atoms with Gasteiger partial charge >= 0.3 is 0 Å². The van der Waals surface area contributed by atoms with E-state index < -0.39 is 4.92 Å². The van der Waals surface area contributed by atoms with Crippen molar-refractivity contribution in [3.05, 3.63) is 63.7 Å². The van der Waals surface area contributed by atoms with Crippen LogP contribution < -0.4 is 14.8 Å². The van der Waals surface area contributed by atoms with Gasteiger partial charge in [-0.25, -0.2) is 0 Å². The summed E-state index contributed by atoms with van der Waals surface area (Å²) in [5.74, 6) is 0.791. The molecule has 0 aliphatic carbocycles. The van der Waals surface area contributed by atoms with E-state index >= 15 is 0 Å². The van der Waals surface area contributed by atoms with E-state index in [1.165, 1.54) is 24.3 Å². The van der Waals surface area contributed by atoms with Gasteiger partial charge in [-0.1, -0.05) is 0 Å². The van der Waals surface area contributed by atoms with Gasteiger partial charge in [0.2, 0.25) is 5.91 Å². The van der Waals surface area contributed by atoms with Crippen molar-refractivity contribution in [3.8, 4) is 11.5 Å². The number of carbonyl (C=O) groups is 1. The van der Waals surface area contributed by atoms with Crippen LogP contribution in [0.1, 0.15) is 11.1 Å². The molecule has 134 valence electrons. The number of nitrogens with one attached hydrogen (secondary N) is 1. The number of ether oxygens (including phenoxy) is 3. The zero-order valence-electron chi connectivity index (χ0n) is 13.9. The predicted octanol–water partition coefficient (Wildman–Crippen LogP) is 3.12. The second-order valence-corrected chi connectivity index (χ2v) is 5.44. The van der Waals surface area contributed by atoms with E-state index in [1.807, 2.05) is 0 Å². The quantitative estimate of drug-likeness (QED) is 0.502. The number of non-ortho nitro benzene ring substituents is 1. The molecule has 0 radical (unpaired) electrons. The van der Waals surface area contributed by atoms with E-state index in [0.717, 1.165) is 0 Å². The number of benzene rings is 2. The molecule has 3 rings (SSSR count). The highest BCUT2D eigenvalue weighted by molar-refractivity contribution is 6.02. The Morgan fingerprint density at radius 2 is 2.08 bits per heavy atom. The highest BCUT2D eigenvalue weighted by Crippen LogP contribution is 2.33. The number of amides is 1. The number of nitro groups is 1. The second kappa shape index (κ2) is 7.66. The maximum absolute atomic E-state index is 12.1. The Kier molecular flexibility index (Phi) is 5.14. The minimum Gasteiger partial charge on any atom is -0.497 e. The number of fused-ring (bicyclic) bond motifs is 1. The molecular formula is C18H16N2O6. The van der Waals surface area contributed by atoms with E-state index in [0.29, 0.717) is 28.3 Å². The van der Waals surface area contributed by atoms with E-state index in [2.05, 4.69) is 5.32 Å². The summed E-state index contributed by atoms with van der Waals surface area (Å²) in [5.41, 5.74) is 1.53. The first-order valence-electron chi connectivity index (χ1n) is 7.72. The van der Waals surface area contributed by atoms with Crippen molar-refractivity contribution in [1.82, 2.24) is 0 Å². The Balaban J connectivity index is 1.79. The molecule has 8 heteroatoms. The standard InChI is InChI=1S/C18H16N2O6/c1-24-16-5-3-14(4-6-16)19-17(21)7-2-12-8-15(20(22)23)9-13-10-25-11-26-18(12)13/h2-9H,10-11H2,1H3,(H,19,21)/b7-2+. The van der Waals surface area contributed by atoms with Crippen LogP contribution in [0.5, 0.6) is 11.5 Å². The van der Waals surface area contributed by atoms with Crippen molar-refractivity contribution >= 4 is 23.4 Å². The van der Waals surface area contributed by atoms with Gasteiger partial charge in [0, 0.05) is 35.0 Å². The van der Waals surface area contributed by atoms with Crippen LogP contribution in [0.4, 0.5) is 11.4 Å². The first kappa shape index (κ1) is 17.4. The molecule has 1 amide bonds. The van der Waals surface area contributed by atoms with Crippen molar-refractivity contribution < 1.29 is 23.9 Å². The zero-order chi connectivity index (χ0) is 18.5. The number of anilines is 1. The molecule has 0 saturated carbocycles. The third-order valence-corrected chi connectivity index (χ3v) is 3.71. The van der Waals surface area contributed by atoms with Crippen LogP contribution in [-0.4, -0.2) is 24.7 Å². The Hall–Kier alpha value is -3.39. The van der Waals surface area contributed by atoms with Crippen molar-refractivity contribution in [2.24, 2.45) is 0 Å². The summed E-state index contributed by atoms with van der Waals surface area (Å²) in [6.45, 7) is 0.277. The van der Waals surface area contributed by atoms with E-state index in [9.17, 15) is 14.9 Å². The van der Waals surface area contributed by atoms with Gasteiger partial charge in [0.05, 0.1) is 18.6 Å². The molecule has 0 unspecified atom stereocenters. The molecule has 26 heavy (non-hydrogen) atoms. The van der Waals surface area contributed by atoms with Crippen LogP contribution in [0.3, 0.4) is 0 Å². The maximum Gasteiger partial charge on any atom is 0.270 e. The molecule has 2 aromatic rings. The van der Waals surface area contributed by atoms with Gasteiger partial charge in [-0.3, -0.25) is 14.9 Å². The molecule has 1 N–H and O–H groups in total. The molecule has 0 aromatic heterocycles. The molecule has 0 fully saturated rings. The Bertz CT molecular complexity index is 861. The zero-order valence-corrected chi connectivity index (χ0v) is 13.9. The van der Waals surface area contributed by atoms with Gasteiger partial charge in [0.25, 0.3) is 5.69 Å². The highest BCUT2D eigenvalue weighted by atomic mass is 16.7. The number of nitrogens with zero attached hydrogens (tertiary/aromatic N) is 1. The molecule has 0 spiro atoms. The minimum absolute atomic E-state index is 0.0592. The normalized spacial score (nSPS) is 13.0. The fourth-order valence-electron chi connectivity index (χ4n) is 2.48. The van der Waals surface area contributed by atoms with Crippen molar-refractivity contribution in [1.29, 1.82) is 0 Å². The van der Waals surface area contributed by atoms with Crippen LogP contribution in [0.2, 0.25) is 0 Å². The average Bonchev–Trinajstić information content (AvgIpc) is 2.66. The first-order chi connectivity index (χ1) is 12.6. The first-order valence-corrected chi connectivity index (χ1v) is 7.72. The van der Waals surface area contributed by atoms with Gasteiger partial charge in [-0.2, -0.15) is 0 Å². The minimum atomic E-state index is -0.496. The van der Waals surface area contributed by atoms with Gasteiger partial charge in [-0.05, 0) is 30.3 Å². The lowest BCUT2D eigenvalue weighted by molar-refractivity contribution is -0.385. The topological polar surface area (TPSA) is 99.9 Å². The molecule has 2 aromatic carbocycles. The van der Waals surface area contributed by atoms with Crippen molar-refractivity contribution in [2.75, 3.05) is 19.2 Å². The lowest BCUT2D eigenvalue weighted by Crippen LogP contribution is -2.13. The molecule has 1 aliphatic rings. The number of hydrogen-bond acceptors (Lipinski definition) is 6. The highest BCUT2D eigenvalue weighted by Gasteiger charge is 2.19. The summed E-state index contributed by atoms with van der Waals surface area (Å²) >= 11 is 0. The van der Waals surface area contributed by atoms with Crippen LogP contribution >= 0.6 is 0 Å². The smallest absolute Gasteiger partial charge is 0.270 e. The summed E-state index contributed by atoms with van der Waals surface area (Å²) in [6, 6.07) is 9.64. The lowest BCUT2D eigenvalue weighted by Gasteiger charge is -2.19. The van der Waals surface area contributed by atoms with E-state index in [-0.39, 0.29) is 25.0 Å². The molecule has 0 saturated heterocycles. The van der Waals surface area contributed by atoms with Crippen LogP contribution in [0.15, 0.2) is 42.5 Å². The summed E-state index contributed by atoms with van der Waals surface area (Å²) in [4.78, 5) is 22.7. The van der Waals surface area contributed by atoms with Gasteiger partial charge in [-0.15, -0.1) is 0 Å². The summed E-state index contributed by atoms with van der Waals surface area (Å²) in [7, 11) is 1.56. The number of rotatable bonds is 5. The third kappa shape index (κ3) is 3.98. The summed E-state index contributed by atoms with van der Waals surface area (Å²) in [6.07, 6.45) is 2.78. The number of methoxy groups -OCH3 is 1. The number of nitro benzene ring substituents is 1. The molecule has 1 aliphatic heterocycles. The average molecular weight is 356 g/mol. The van der Waals surface area contributed by atoms with E-state index in [4.69, 9.17) is 14.2 Å². The van der Waals surface area contributed by atoms with E-state index in [1.54, 1.807) is 31.4 Å². The molecular weight excluding hydrogens is 340 g/mol. The predicted molar refractivity (Wildman–Crippen MR) is 94.0 cm³/mol. The summed E-state index contributed by atoms with van der Waals surface area (Å²) in [5, 5.41) is 13.8. The monoisotopic (exact) mass is 356 g/mol. The van der Waals surface area contributed by atoms with Gasteiger partial charge < -0.3 is 19.5 Å². The maximum atomic E-state index is 12.1. The van der Waals surface area contributed by atoms with Crippen LogP contribution in [-0.2, 0) is 16.1 Å². The Morgan fingerprint density at radius 1 is 1.31 bits per heavy atom. The Labute approximate surface area is 149 Å². The largest absolute Gasteiger partial charge is 0.497 e. The third-order valence-electron chi connectivity index (χ3n) is 3.71. The fraction of sp³-hybridized carbons (Fsp3) is 0.167. The molecule has 8 nitrogen and oxygen atoms in total. The fourth-order valence-corrected chi connectivity index (χ4v) is 2.48. The molecule has 1 heterocycles. The van der Waals surface area contributed by atoms with Crippen molar-refractivity contribution in [3.63, 3.8) is 0 Å². The number of carbonyl (C=O) groups excluding carboxylic acids is 1. The van der Waals surface area contributed by atoms with Crippen LogP contribution in [0.25, 0.3) is 6.08 Å². The SMILES string of the molecule is COc1ccc(NC(=O)/C=C/c2cc([N+](=O)[O-])cc3c2OCOC3)cc1. The second-order valence-electron chi connectivity index (χ2n) is 5.44. The number of hydrogen-bond donors (Lipinski definition) is 1. The van der Waals surface area contributed by atoms with Crippen LogP contribution in [0, 0.1) is 10.1 Å². The Morgan fingerprint density at radius 3 is 2.77 bits per heavy atom. The lowest BCUT2D eigenvalue weighted by atomic mass is 10.1.